The summed E-state index contributed by atoms with van der Waals surface area (Å²) in [6.45, 7) is 4.49. The van der Waals surface area contributed by atoms with Gasteiger partial charge in [-0.15, -0.1) is 0 Å². The van der Waals surface area contributed by atoms with Gasteiger partial charge in [0.15, 0.2) is 0 Å². The third-order valence-electron chi connectivity index (χ3n) is 4.15. The predicted octanol–water partition coefficient (Wildman–Crippen LogP) is 4.24. The lowest BCUT2D eigenvalue weighted by molar-refractivity contribution is 0.0526. The van der Waals surface area contributed by atoms with Crippen LogP contribution in [0, 0.1) is 5.92 Å². The molecule has 20 heavy (non-hydrogen) atoms. The van der Waals surface area contributed by atoms with E-state index in [0.29, 0.717) is 18.2 Å². The Labute approximate surface area is 121 Å². The van der Waals surface area contributed by atoms with Crippen molar-refractivity contribution in [1.29, 1.82) is 0 Å². The van der Waals surface area contributed by atoms with Gasteiger partial charge in [-0.05, 0) is 56.9 Å². The summed E-state index contributed by atoms with van der Waals surface area (Å²) in [4.78, 5) is 11.6. The van der Waals surface area contributed by atoms with Crippen molar-refractivity contribution in [3.63, 3.8) is 0 Å². The number of anilines is 1. The number of benzene rings is 1. The van der Waals surface area contributed by atoms with E-state index in [1.807, 2.05) is 31.2 Å². The van der Waals surface area contributed by atoms with Gasteiger partial charge in [-0.1, -0.05) is 19.3 Å². The Morgan fingerprint density at radius 1 is 1.25 bits per heavy atom. The number of hydrogen-bond donors (Lipinski definition) is 1. The van der Waals surface area contributed by atoms with Crippen LogP contribution in [-0.2, 0) is 4.74 Å². The number of ether oxygens (including phenoxy) is 1. The van der Waals surface area contributed by atoms with E-state index in [0.717, 1.165) is 11.6 Å². The third-order valence-corrected chi connectivity index (χ3v) is 4.15. The molecule has 0 bridgehead atoms. The van der Waals surface area contributed by atoms with Crippen molar-refractivity contribution >= 4 is 11.7 Å². The lowest BCUT2D eigenvalue weighted by Gasteiger charge is -2.29. The molecule has 0 aliphatic heterocycles. The van der Waals surface area contributed by atoms with Crippen LogP contribution in [0.15, 0.2) is 24.3 Å². The number of carbonyl (C=O) groups is 1. The molecule has 1 aromatic rings. The van der Waals surface area contributed by atoms with Crippen LogP contribution in [-0.4, -0.2) is 18.6 Å². The van der Waals surface area contributed by atoms with Gasteiger partial charge in [0.25, 0.3) is 0 Å². The number of rotatable bonds is 5. The summed E-state index contributed by atoms with van der Waals surface area (Å²) in [6.07, 6.45) is 6.76. The van der Waals surface area contributed by atoms with E-state index in [1.54, 1.807) is 0 Å². The molecule has 1 unspecified atom stereocenters. The molecule has 0 spiro atoms. The summed E-state index contributed by atoms with van der Waals surface area (Å²) in [7, 11) is 0. The Kier molecular flexibility index (Phi) is 5.45. The van der Waals surface area contributed by atoms with Gasteiger partial charge in [0.2, 0.25) is 0 Å². The molecular weight excluding hydrogens is 250 g/mol. The molecule has 1 fully saturated rings. The molecule has 1 atom stereocenters. The summed E-state index contributed by atoms with van der Waals surface area (Å²) in [5.74, 6) is 0.521. The third kappa shape index (κ3) is 3.99. The Morgan fingerprint density at radius 3 is 2.50 bits per heavy atom. The van der Waals surface area contributed by atoms with E-state index in [1.165, 1.54) is 32.1 Å². The molecule has 0 heterocycles. The Morgan fingerprint density at radius 2 is 1.90 bits per heavy atom. The van der Waals surface area contributed by atoms with Crippen LogP contribution in [0.4, 0.5) is 5.69 Å². The maximum absolute atomic E-state index is 11.6. The van der Waals surface area contributed by atoms with Crippen LogP contribution in [0.5, 0.6) is 0 Å². The van der Waals surface area contributed by atoms with Crippen LogP contribution in [0.1, 0.15) is 56.3 Å². The molecule has 2 rings (SSSR count). The van der Waals surface area contributed by atoms with Crippen molar-refractivity contribution in [2.75, 3.05) is 11.9 Å². The molecule has 0 amide bonds. The summed E-state index contributed by atoms with van der Waals surface area (Å²) in [5.41, 5.74) is 1.69. The quantitative estimate of drug-likeness (QED) is 0.817. The molecule has 1 aliphatic rings. The van der Waals surface area contributed by atoms with Crippen LogP contribution in [0.3, 0.4) is 0 Å². The molecule has 0 aromatic heterocycles. The van der Waals surface area contributed by atoms with E-state index in [2.05, 4.69) is 12.2 Å². The average molecular weight is 275 g/mol. The number of nitrogens with one attached hydrogen (secondary N) is 1. The smallest absolute Gasteiger partial charge is 0.338 e. The summed E-state index contributed by atoms with van der Waals surface area (Å²) in [5, 5.41) is 3.56. The first-order chi connectivity index (χ1) is 9.70. The molecule has 1 N–H and O–H groups in total. The minimum Gasteiger partial charge on any atom is -0.462 e. The van der Waals surface area contributed by atoms with Gasteiger partial charge in [-0.2, -0.15) is 0 Å². The summed E-state index contributed by atoms with van der Waals surface area (Å²) >= 11 is 0. The standard InChI is InChI=1S/C17H25NO2/c1-3-20-17(19)15-9-11-16(12-10-15)18-13(2)14-7-5-4-6-8-14/h9-14,18H,3-8H2,1-2H3. The van der Waals surface area contributed by atoms with Crippen molar-refractivity contribution in [3.05, 3.63) is 29.8 Å². The number of hydrogen-bond acceptors (Lipinski definition) is 3. The second kappa shape index (κ2) is 7.32. The highest BCUT2D eigenvalue weighted by Crippen LogP contribution is 2.28. The van der Waals surface area contributed by atoms with Crippen LogP contribution in [0.25, 0.3) is 0 Å². The molecule has 0 radical (unpaired) electrons. The average Bonchev–Trinajstić information content (AvgIpc) is 2.49. The highest BCUT2D eigenvalue weighted by atomic mass is 16.5. The second-order valence-electron chi connectivity index (χ2n) is 5.63. The minimum absolute atomic E-state index is 0.251. The Hall–Kier alpha value is -1.51. The molecule has 3 heteroatoms. The van der Waals surface area contributed by atoms with Crippen molar-refractivity contribution in [3.8, 4) is 0 Å². The largest absolute Gasteiger partial charge is 0.462 e. The van der Waals surface area contributed by atoms with Crippen LogP contribution >= 0.6 is 0 Å². The van der Waals surface area contributed by atoms with Gasteiger partial charge in [0.1, 0.15) is 0 Å². The second-order valence-corrected chi connectivity index (χ2v) is 5.63. The van der Waals surface area contributed by atoms with Gasteiger partial charge in [-0.3, -0.25) is 0 Å². The fourth-order valence-corrected chi connectivity index (χ4v) is 2.93. The first-order valence-electron chi connectivity index (χ1n) is 7.74. The predicted molar refractivity (Wildman–Crippen MR) is 82.1 cm³/mol. The van der Waals surface area contributed by atoms with Crippen molar-refractivity contribution in [2.45, 2.75) is 52.0 Å². The zero-order valence-corrected chi connectivity index (χ0v) is 12.5. The zero-order valence-electron chi connectivity index (χ0n) is 12.5. The lowest BCUT2D eigenvalue weighted by atomic mass is 9.84. The minimum atomic E-state index is -0.251. The maximum Gasteiger partial charge on any atom is 0.338 e. The van der Waals surface area contributed by atoms with E-state index in [4.69, 9.17) is 4.74 Å². The Bertz CT molecular complexity index is 421. The first-order valence-corrected chi connectivity index (χ1v) is 7.74. The van der Waals surface area contributed by atoms with E-state index in [-0.39, 0.29) is 5.97 Å². The molecule has 0 saturated heterocycles. The fraction of sp³-hybridized carbons (Fsp3) is 0.588. The molecule has 110 valence electrons. The normalized spacial score (nSPS) is 17.5. The number of carbonyl (C=O) groups excluding carboxylic acids is 1. The lowest BCUT2D eigenvalue weighted by Crippen LogP contribution is -2.27. The molecule has 1 aromatic carbocycles. The van der Waals surface area contributed by atoms with Crippen molar-refractivity contribution in [1.82, 2.24) is 0 Å². The van der Waals surface area contributed by atoms with E-state index in [9.17, 15) is 4.79 Å². The molecule has 1 saturated carbocycles. The molecule has 3 nitrogen and oxygen atoms in total. The monoisotopic (exact) mass is 275 g/mol. The van der Waals surface area contributed by atoms with Crippen LogP contribution in [0.2, 0.25) is 0 Å². The van der Waals surface area contributed by atoms with E-state index >= 15 is 0 Å². The molecular formula is C17H25NO2. The summed E-state index contributed by atoms with van der Waals surface area (Å²) in [6, 6.07) is 8.07. The van der Waals surface area contributed by atoms with Crippen molar-refractivity contribution < 1.29 is 9.53 Å². The molecule has 1 aliphatic carbocycles. The highest BCUT2D eigenvalue weighted by molar-refractivity contribution is 5.89. The van der Waals surface area contributed by atoms with Gasteiger partial charge >= 0.3 is 5.97 Å². The van der Waals surface area contributed by atoms with Crippen molar-refractivity contribution in [2.24, 2.45) is 5.92 Å². The Balaban J connectivity index is 1.91. The van der Waals surface area contributed by atoms with Gasteiger partial charge in [0, 0.05) is 11.7 Å². The number of esters is 1. The topological polar surface area (TPSA) is 38.3 Å². The fourth-order valence-electron chi connectivity index (χ4n) is 2.93. The first kappa shape index (κ1) is 14.9. The van der Waals surface area contributed by atoms with Gasteiger partial charge < -0.3 is 10.1 Å². The highest BCUT2D eigenvalue weighted by Gasteiger charge is 2.19. The van der Waals surface area contributed by atoms with Gasteiger partial charge in [-0.25, -0.2) is 4.79 Å². The SMILES string of the molecule is CCOC(=O)c1ccc(NC(C)C2CCCCC2)cc1. The maximum atomic E-state index is 11.6. The van der Waals surface area contributed by atoms with Crippen LogP contribution < -0.4 is 5.32 Å². The van der Waals surface area contributed by atoms with Gasteiger partial charge in [0.05, 0.1) is 12.2 Å². The zero-order chi connectivity index (χ0) is 14.4. The van der Waals surface area contributed by atoms with E-state index < -0.39 is 0 Å². The summed E-state index contributed by atoms with van der Waals surface area (Å²) < 4.78 is 4.98.